The molecule has 1 atom stereocenters. The van der Waals surface area contributed by atoms with Gasteiger partial charge in [-0.05, 0) is 25.0 Å². The van der Waals surface area contributed by atoms with E-state index in [4.69, 9.17) is 0 Å². The van der Waals surface area contributed by atoms with Crippen LogP contribution in [0.1, 0.15) is 23.2 Å². The lowest BCUT2D eigenvalue weighted by Gasteiger charge is -2.31. The molecule has 2 rings (SSSR count). The van der Waals surface area contributed by atoms with Gasteiger partial charge in [-0.1, -0.05) is 0 Å². The quantitative estimate of drug-likeness (QED) is 0.780. The molecular weight excluding hydrogens is 268 g/mol. The predicted octanol–water partition coefficient (Wildman–Crippen LogP) is 1.99. The van der Waals surface area contributed by atoms with Crippen LogP contribution in [0.3, 0.4) is 0 Å². The van der Waals surface area contributed by atoms with Crippen LogP contribution in [-0.4, -0.2) is 37.0 Å². The molecule has 1 heterocycles. The fraction of sp³-hybridized carbons (Fsp3) is 0.429. The summed E-state index contributed by atoms with van der Waals surface area (Å²) in [7, 11) is 1.29. The summed E-state index contributed by atoms with van der Waals surface area (Å²) in [5.74, 6) is -2.92. The van der Waals surface area contributed by atoms with Gasteiger partial charge < -0.3 is 9.64 Å². The third-order valence-electron chi connectivity index (χ3n) is 3.40. The summed E-state index contributed by atoms with van der Waals surface area (Å²) in [6, 6.07) is 2.84. The average molecular weight is 283 g/mol. The monoisotopic (exact) mass is 283 g/mol. The first kappa shape index (κ1) is 14.4. The number of rotatable bonds is 2. The topological polar surface area (TPSA) is 46.6 Å². The van der Waals surface area contributed by atoms with E-state index in [1.165, 1.54) is 12.0 Å². The third-order valence-corrected chi connectivity index (χ3v) is 3.40. The van der Waals surface area contributed by atoms with Crippen molar-refractivity contribution < 1.29 is 23.1 Å². The van der Waals surface area contributed by atoms with Crippen LogP contribution in [0, 0.1) is 17.6 Å². The minimum Gasteiger partial charge on any atom is -0.469 e. The molecule has 20 heavy (non-hydrogen) atoms. The number of methoxy groups -OCH3 is 1. The van der Waals surface area contributed by atoms with E-state index in [0.717, 1.165) is 12.1 Å². The van der Waals surface area contributed by atoms with Crippen molar-refractivity contribution in [2.24, 2.45) is 5.92 Å². The molecule has 108 valence electrons. The van der Waals surface area contributed by atoms with E-state index in [9.17, 15) is 18.4 Å². The summed E-state index contributed by atoms with van der Waals surface area (Å²) >= 11 is 0. The summed E-state index contributed by atoms with van der Waals surface area (Å²) in [5, 5.41) is 0. The Morgan fingerprint density at radius 1 is 1.35 bits per heavy atom. The van der Waals surface area contributed by atoms with E-state index in [1.807, 2.05) is 0 Å². The molecule has 0 spiro atoms. The van der Waals surface area contributed by atoms with Gasteiger partial charge in [0.25, 0.3) is 5.91 Å². The number of hydrogen-bond acceptors (Lipinski definition) is 3. The minimum atomic E-state index is -0.893. The van der Waals surface area contributed by atoms with Crippen LogP contribution < -0.4 is 0 Å². The molecule has 1 saturated heterocycles. The highest BCUT2D eigenvalue weighted by atomic mass is 19.1. The number of carbonyl (C=O) groups is 2. The number of esters is 1. The van der Waals surface area contributed by atoms with Gasteiger partial charge in [-0.25, -0.2) is 8.78 Å². The molecule has 1 aromatic rings. The fourth-order valence-electron chi connectivity index (χ4n) is 2.35. The van der Waals surface area contributed by atoms with Gasteiger partial charge in [0.05, 0.1) is 18.6 Å². The molecular formula is C14H15F2NO3. The van der Waals surface area contributed by atoms with Crippen LogP contribution in [0.5, 0.6) is 0 Å². The van der Waals surface area contributed by atoms with E-state index in [-0.39, 0.29) is 24.0 Å². The number of likely N-dealkylation sites (tertiary alicyclic amines) is 1. The Kier molecular flexibility index (Phi) is 4.32. The van der Waals surface area contributed by atoms with Gasteiger partial charge in [0.1, 0.15) is 11.6 Å². The number of amides is 1. The number of piperidine rings is 1. The van der Waals surface area contributed by atoms with E-state index in [1.54, 1.807) is 0 Å². The first-order valence-electron chi connectivity index (χ1n) is 6.35. The van der Waals surface area contributed by atoms with Crippen LogP contribution in [-0.2, 0) is 9.53 Å². The molecule has 0 N–H and O–H groups in total. The Morgan fingerprint density at radius 3 is 2.75 bits per heavy atom. The van der Waals surface area contributed by atoms with Crippen LogP contribution in [0.15, 0.2) is 18.2 Å². The van der Waals surface area contributed by atoms with Gasteiger partial charge >= 0.3 is 5.97 Å². The normalized spacial score (nSPS) is 18.8. The zero-order valence-corrected chi connectivity index (χ0v) is 11.1. The van der Waals surface area contributed by atoms with Crippen LogP contribution >= 0.6 is 0 Å². The van der Waals surface area contributed by atoms with E-state index in [2.05, 4.69) is 4.74 Å². The van der Waals surface area contributed by atoms with E-state index in [0.29, 0.717) is 25.5 Å². The number of hydrogen-bond donors (Lipinski definition) is 0. The van der Waals surface area contributed by atoms with Crippen molar-refractivity contribution in [3.63, 3.8) is 0 Å². The Bertz CT molecular complexity index is 533. The maximum atomic E-state index is 13.6. The van der Waals surface area contributed by atoms with Gasteiger partial charge in [0, 0.05) is 19.2 Å². The Morgan fingerprint density at radius 2 is 2.10 bits per heavy atom. The van der Waals surface area contributed by atoms with Crippen molar-refractivity contribution >= 4 is 11.9 Å². The Hall–Kier alpha value is -1.98. The van der Waals surface area contributed by atoms with Gasteiger partial charge in [-0.15, -0.1) is 0 Å². The van der Waals surface area contributed by atoms with E-state index < -0.39 is 17.5 Å². The third kappa shape index (κ3) is 2.95. The maximum Gasteiger partial charge on any atom is 0.310 e. The molecule has 0 saturated carbocycles. The van der Waals surface area contributed by atoms with Crippen molar-refractivity contribution in [2.45, 2.75) is 12.8 Å². The molecule has 0 aromatic heterocycles. The van der Waals surface area contributed by atoms with Crippen LogP contribution in [0.25, 0.3) is 0 Å². The molecule has 0 aliphatic carbocycles. The van der Waals surface area contributed by atoms with Crippen LogP contribution in [0.4, 0.5) is 8.78 Å². The highest BCUT2D eigenvalue weighted by molar-refractivity contribution is 5.94. The Labute approximate surface area is 115 Å². The predicted molar refractivity (Wildman–Crippen MR) is 67.0 cm³/mol. The second-order valence-corrected chi connectivity index (χ2v) is 4.74. The number of benzene rings is 1. The summed E-state index contributed by atoms with van der Waals surface area (Å²) in [6.07, 6.45) is 1.29. The van der Waals surface area contributed by atoms with Gasteiger partial charge in [0.2, 0.25) is 0 Å². The lowest BCUT2D eigenvalue weighted by Crippen LogP contribution is -2.42. The molecule has 1 aromatic carbocycles. The highest BCUT2D eigenvalue weighted by Gasteiger charge is 2.30. The summed E-state index contributed by atoms with van der Waals surface area (Å²) in [6.45, 7) is 0.644. The Balaban J connectivity index is 2.14. The summed E-state index contributed by atoms with van der Waals surface area (Å²) in [4.78, 5) is 25.1. The highest BCUT2D eigenvalue weighted by Crippen LogP contribution is 2.21. The number of ether oxygens (including phenoxy) is 1. The molecule has 0 unspecified atom stereocenters. The number of carbonyl (C=O) groups excluding carboxylic acids is 2. The van der Waals surface area contributed by atoms with Crippen molar-refractivity contribution in [3.8, 4) is 0 Å². The minimum absolute atomic E-state index is 0.183. The lowest BCUT2D eigenvalue weighted by atomic mass is 9.97. The summed E-state index contributed by atoms with van der Waals surface area (Å²) in [5.41, 5.74) is -0.183. The number of nitrogens with zero attached hydrogens (tertiary/aromatic N) is 1. The molecule has 4 nitrogen and oxygen atoms in total. The van der Waals surface area contributed by atoms with E-state index >= 15 is 0 Å². The molecule has 0 radical (unpaired) electrons. The largest absolute Gasteiger partial charge is 0.469 e. The van der Waals surface area contributed by atoms with Crippen molar-refractivity contribution in [1.29, 1.82) is 0 Å². The second kappa shape index (κ2) is 5.98. The average Bonchev–Trinajstić information content (AvgIpc) is 2.46. The molecule has 1 amide bonds. The standard InChI is InChI=1S/C14H15F2NO3/c1-20-14(19)9-3-2-6-17(8-9)13(18)11-5-4-10(15)7-12(11)16/h4-5,7,9H,2-3,6,8H2,1H3/t9-/m0/s1. The summed E-state index contributed by atoms with van der Waals surface area (Å²) < 4.78 is 31.1. The van der Waals surface area contributed by atoms with Crippen molar-refractivity contribution in [3.05, 3.63) is 35.4 Å². The maximum absolute atomic E-state index is 13.6. The molecule has 1 aliphatic heterocycles. The molecule has 6 heteroatoms. The first-order chi connectivity index (χ1) is 9.52. The smallest absolute Gasteiger partial charge is 0.310 e. The SMILES string of the molecule is COC(=O)[C@H]1CCCN(C(=O)c2ccc(F)cc2F)C1. The fourth-order valence-corrected chi connectivity index (χ4v) is 2.35. The lowest BCUT2D eigenvalue weighted by molar-refractivity contribution is -0.146. The zero-order valence-electron chi connectivity index (χ0n) is 11.1. The van der Waals surface area contributed by atoms with Crippen molar-refractivity contribution in [1.82, 2.24) is 4.90 Å². The van der Waals surface area contributed by atoms with Gasteiger partial charge in [-0.3, -0.25) is 9.59 Å². The zero-order chi connectivity index (χ0) is 14.7. The van der Waals surface area contributed by atoms with Crippen molar-refractivity contribution in [2.75, 3.05) is 20.2 Å². The van der Waals surface area contributed by atoms with Gasteiger partial charge in [0.15, 0.2) is 0 Å². The number of halogens is 2. The molecule has 1 fully saturated rings. The van der Waals surface area contributed by atoms with Gasteiger partial charge in [-0.2, -0.15) is 0 Å². The first-order valence-corrected chi connectivity index (χ1v) is 6.35. The molecule has 0 bridgehead atoms. The molecule has 1 aliphatic rings. The van der Waals surface area contributed by atoms with Crippen LogP contribution in [0.2, 0.25) is 0 Å². The second-order valence-electron chi connectivity index (χ2n) is 4.74.